The van der Waals surface area contributed by atoms with Crippen LogP contribution in [-0.4, -0.2) is 0 Å². The minimum absolute atomic E-state index is 0.768. The van der Waals surface area contributed by atoms with Crippen molar-refractivity contribution in [2.45, 2.75) is 5.33 Å². The first-order valence-corrected chi connectivity index (χ1v) is 4.32. The number of alkyl halides is 1. The molecule has 1 aromatic rings. The van der Waals surface area contributed by atoms with Gasteiger partial charge >= 0.3 is 0 Å². The summed E-state index contributed by atoms with van der Waals surface area (Å²) in [5, 5.41) is 1.62. The SMILES string of the molecule is [C-]#[N+]c1ccc(CBr)s1. The molecule has 46 valence electrons. The van der Waals surface area contributed by atoms with E-state index in [9.17, 15) is 0 Å². The standard InChI is InChI=1S/C6H4BrNS/c1-8-6-3-2-5(4-7)9-6/h2-3H,4H2. The Morgan fingerprint density at radius 3 is 2.78 bits per heavy atom. The van der Waals surface area contributed by atoms with E-state index in [1.165, 1.54) is 16.2 Å². The van der Waals surface area contributed by atoms with Gasteiger partial charge in [-0.05, 0) is 6.07 Å². The van der Waals surface area contributed by atoms with Gasteiger partial charge in [-0.1, -0.05) is 22.0 Å². The summed E-state index contributed by atoms with van der Waals surface area (Å²) in [6, 6.07) is 3.81. The van der Waals surface area contributed by atoms with Crippen LogP contribution in [0.4, 0.5) is 5.00 Å². The lowest BCUT2D eigenvalue weighted by molar-refractivity contribution is 1.59. The summed E-state index contributed by atoms with van der Waals surface area (Å²) >= 11 is 4.84. The molecule has 1 nitrogen and oxygen atoms in total. The molecular weight excluding hydrogens is 198 g/mol. The number of hydrogen-bond acceptors (Lipinski definition) is 1. The summed E-state index contributed by atoms with van der Waals surface area (Å²) in [7, 11) is 0. The van der Waals surface area contributed by atoms with E-state index >= 15 is 0 Å². The van der Waals surface area contributed by atoms with Crippen LogP contribution in [-0.2, 0) is 5.33 Å². The van der Waals surface area contributed by atoms with Gasteiger partial charge in [-0.15, -0.1) is 0 Å². The monoisotopic (exact) mass is 201 g/mol. The number of rotatable bonds is 1. The van der Waals surface area contributed by atoms with Gasteiger partial charge in [0.2, 0.25) is 5.00 Å². The molecular formula is C6H4BrNS. The van der Waals surface area contributed by atoms with Crippen LogP contribution < -0.4 is 0 Å². The second kappa shape index (κ2) is 3.00. The molecule has 3 heteroatoms. The van der Waals surface area contributed by atoms with E-state index in [1.54, 1.807) is 0 Å². The van der Waals surface area contributed by atoms with Crippen molar-refractivity contribution in [1.29, 1.82) is 0 Å². The number of nitrogens with zero attached hydrogens (tertiary/aromatic N) is 1. The zero-order chi connectivity index (χ0) is 6.69. The summed E-state index contributed by atoms with van der Waals surface area (Å²) < 4.78 is 0. The van der Waals surface area contributed by atoms with Gasteiger partial charge in [0.25, 0.3) is 0 Å². The van der Waals surface area contributed by atoms with Crippen LogP contribution in [0.3, 0.4) is 0 Å². The zero-order valence-corrected chi connectivity index (χ0v) is 7.00. The Labute approximate surface area is 66.3 Å². The Hall–Kier alpha value is -0.330. The van der Waals surface area contributed by atoms with E-state index in [-0.39, 0.29) is 0 Å². The van der Waals surface area contributed by atoms with Gasteiger partial charge in [0, 0.05) is 10.2 Å². The third kappa shape index (κ3) is 1.54. The molecule has 0 N–H and O–H groups in total. The molecule has 0 fully saturated rings. The highest BCUT2D eigenvalue weighted by molar-refractivity contribution is 9.08. The molecule has 0 unspecified atom stereocenters. The van der Waals surface area contributed by atoms with Gasteiger partial charge in [0.05, 0.1) is 6.57 Å². The molecule has 0 aliphatic rings. The Kier molecular flexibility index (Phi) is 2.26. The van der Waals surface area contributed by atoms with E-state index in [2.05, 4.69) is 20.8 Å². The molecule has 0 aliphatic heterocycles. The maximum atomic E-state index is 6.65. The van der Waals surface area contributed by atoms with E-state index < -0.39 is 0 Å². The van der Waals surface area contributed by atoms with Crippen LogP contribution in [0.25, 0.3) is 4.85 Å². The molecule has 0 bridgehead atoms. The highest BCUT2D eigenvalue weighted by Crippen LogP contribution is 2.25. The van der Waals surface area contributed by atoms with Crippen molar-refractivity contribution in [2.24, 2.45) is 0 Å². The van der Waals surface area contributed by atoms with Crippen molar-refractivity contribution in [2.75, 3.05) is 0 Å². The number of thiophene rings is 1. The summed E-state index contributed by atoms with van der Waals surface area (Å²) in [5.41, 5.74) is 0. The third-order valence-electron chi connectivity index (χ3n) is 0.889. The lowest BCUT2D eigenvalue weighted by Crippen LogP contribution is -1.57. The zero-order valence-electron chi connectivity index (χ0n) is 4.60. The van der Waals surface area contributed by atoms with E-state index in [0.29, 0.717) is 0 Å². The molecule has 1 aromatic heterocycles. The van der Waals surface area contributed by atoms with E-state index in [4.69, 9.17) is 6.57 Å². The van der Waals surface area contributed by atoms with Crippen molar-refractivity contribution < 1.29 is 0 Å². The fourth-order valence-corrected chi connectivity index (χ4v) is 1.67. The molecule has 1 rings (SSSR count). The van der Waals surface area contributed by atoms with Gasteiger partial charge in [-0.25, -0.2) is 4.85 Å². The first-order valence-electron chi connectivity index (χ1n) is 2.39. The fourth-order valence-electron chi connectivity index (χ4n) is 0.499. The van der Waals surface area contributed by atoms with Crippen molar-refractivity contribution in [3.63, 3.8) is 0 Å². The molecule has 0 spiro atoms. The van der Waals surface area contributed by atoms with E-state index in [1.807, 2.05) is 12.1 Å². The smallest absolute Gasteiger partial charge is 0.227 e. The minimum atomic E-state index is 0.768. The minimum Gasteiger partial charge on any atom is -0.227 e. The first-order chi connectivity index (χ1) is 4.36. The largest absolute Gasteiger partial charge is 0.241 e. The van der Waals surface area contributed by atoms with Gasteiger partial charge in [-0.2, -0.15) is 11.3 Å². The summed E-state index contributed by atoms with van der Waals surface area (Å²) in [5.74, 6) is 0. The quantitative estimate of drug-likeness (QED) is 0.486. The first kappa shape index (κ1) is 6.79. The lowest BCUT2D eigenvalue weighted by Gasteiger charge is -1.79. The van der Waals surface area contributed by atoms with Crippen LogP contribution >= 0.6 is 27.3 Å². The molecule has 0 saturated carbocycles. The second-order valence-corrected chi connectivity index (χ2v) is 3.19. The maximum absolute atomic E-state index is 6.65. The molecule has 0 aliphatic carbocycles. The summed E-state index contributed by atoms with van der Waals surface area (Å²) in [4.78, 5) is 4.50. The third-order valence-corrected chi connectivity index (χ3v) is 2.84. The Morgan fingerprint density at radius 2 is 2.44 bits per heavy atom. The normalized spacial score (nSPS) is 8.89. The fraction of sp³-hybridized carbons (Fsp3) is 0.167. The Morgan fingerprint density at radius 1 is 1.67 bits per heavy atom. The number of halogens is 1. The molecule has 0 atom stereocenters. The van der Waals surface area contributed by atoms with Crippen molar-refractivity contribution in [1.82, 2.24) is 0 Å². The van der Waals surface area contributed by atoms with Crippen LogP contribution in [0.1, 0.15) is 4.88 Å². The van der Waals surface area contributed by atoms with Gasteiger partial charge in [-0.3, -0.25) is 0 Å². The second-order valence-electron chi connectivity index (χ2n) is 1.49. The van der Waals surface area contributed by atoms with Crippen molar-refractivity contribution in [3.8, 4) is 0 Å². The van der Waals surface area contributed by atoms with E-state index in [0.717, 1.165) is 10.3 Å². The van der Waals surface area contributed by atoms with Crippen molar-refractivity contribution in [3.05, 3.63) is 28.4 Å². The average molecular weight is 202 g/mol. The van der Waals surface area contributed by atoms with Crippen LogP contribution in [0, 0.1) is 6.57 Å². The van der Waals surface area contributed by atoms with Gasteiger partial charge in [0.1, 0.15) is 0 Å². The van der Waals surface area contributed by atoms with Gasteiger partial charge < -0.3 is 0 Å². The van der Waals surface area contributed by atoms with Crippen LogP contribution in [0.2, 0.25) is 0 Å². The average Bonchev–Trinajstić information content (AvgIpc) is 2.34. The highest BCUT2D eigenvalue weighted by Gasteiger charge is 1.94. The maximum Gasteiger partial charge on any atom is 0.241 e. The lowest BCUT2D eigenvalue weighted by atomic mass is 10.5. The van der Waals surface area contributed by atoms with Gasteiger partial charge in [0.15, 0.2) is 0 Å². The Bertz CT molecular complexity index is 235. The highest BCUT2D eigenvalue weighted by atomic mass is 79.9. The predicted octanol–water partition coefficient (Wildman–Crippen LogP) is 3.19. The Balaban J connectivity index is 2.90. The molecule has 0 radical (unpaired) electrons. The molecule has 0 amide bonds. The van der Waals surface area contributed by atoms with Crippen molar-refractivity contribution >= 4 is 32.3 Å². The topological polar surface area (TPSA) is 4.36 Å². The van der Waals surface area contributed by atoms with Crippen LogP contribution in [0.15, 0.2) is 12.1 Å². The van der Waals surface area contributed by atoms with Crippen LogP contribution in [0.5, 0.6) is 0 Å². The summed E-state index contributed by atoms with van der Waals surface area (Å²) in [6.45, 7) is 6.65. The number of hydrogen-bond donors (Lipinski definition) is 0. The molecule has 0 saturated heterocycles. The molecule has 0 aromatic carbocycles. The molecule has 1 heterocycles. The summed E-state index contributed by atoms with van der Waals surface area (Å²) in [6.07, 6.45) is 0. The molecule has 9 heavy (non-hydrogen) atoms. The predicted molar refractivity (Wildman–Crippen MR) is 43.2 cm³/mol.